The van der Waals surface area contributed by atoms with Crippen molar-refractivity contribution in [2.24, 2.45) is 0 Å². The Morgan fingerprint density at radius 3 is 2.70 bits per heavy atom. The van der Waals surface area contributed by atoms with Crippen molar-refractivity contribution in [1.82, 2.24) is 44.3 Å². The van der Waals surface area contributed by atoms with Crippen molar-refractivity contribution in [3.05, 3.63) is 36.2 Å². The van der Waals surface area contributed by atoms with Gasteiger partial charge in [-0.1, -0.05) is 6.92 Å². The van der Waals surface area contributed by atoms with Gasteiger partial charge in [0.25, 0.3) is 0 Å². The fourth-order valence-corrected chi connectivity index (χ4v) is 4.03. The van der Waals surface area contributed by atoms with Crippen LogP contribution >= 0.6 is 0 Å². The molecule has 5 rings (SSSR count). The SMILES string of the molecule is CCc1nnc2n1C[C@H](Nc1ncnc3c1nc(-c1cnc(C)nc1)n3CC)CC2. The molecule has 0 fully saturated rings. The maximum atomic E-state index is 4.88. The summed E-state index contributed by atoms with van der Waals surface area (Å²) in [6.45, 7) is 7.62. The monoisotopic (exact) mass is 404 g/mol. The third-order valence-corrected chi connectivity index (χ3v) is 5.57. The molecule has 154 valence electrons. The number of aryl methyl sites for hydroxylation is 4. The topological polar surface area (TPSA) is 112 Å². The standard InChI is InChI=1S/C20H24N10/c1-4-15-27-28-16-7-6-14(10-30(15)16)25-18-17-20(24-11-23-18)29(5-2)19(26-17)13-8-21-12(3)22-9-13/h8-9,11,14H,4-7,10H2,1-3H3,(H,23,24,25)/t14-/m1/s1. The van der Waals surface area contributed by atoms with Crippen molar-refractivity contribution in [1.29, 1.82) is 0 Å². The molecule has 4 aromatic heterocycles. The normalized spacial score (nSPS) is 16.0. The van der Waals surface area contributed by atoms with Gasteiger partial charge < -0.3 is 14.5 Å². The molecule has 0 amide bonds. The largest absolute Gasteiger partial charge is 0.364 e. The van der Waals surface area contributed by atoms with Gasteiger partial charge in [0.1, 0.15) is 29.6 Å². The van der Waals surface area contributed by atoms with Crippen LogP contribution in [0.15, 0.2) is 18.7 Å². The fourth-order valence-electron chi connectivity index (χ4n) is 4.03. The molecule has 5 heterocycles. The summed E-state index contributed by atoms with van der Waals surface area (Å²) in [6.07, 6.45) is 7.95. The number of nitrogens with zero attached hydrogens (tertiary/aromatic N) is 9. The molecule has 10 heteroatoms. The van der Waals surface area contributed by atoms with Gasteiger partial charge in [-0.3, -0.25) is 0 Å². The first-order valence-corrected chi connectivity index (χ1v) is 10.4. The molecular formula is C20H24N10. The predicted octanol–water partition coefficient (Wildman–Crippen LogP) is 2.19. The van der Waals surface area contributed by atoms with Crippen molar-refractivity contribution in [2.45, 2.75) is 59.2 Å². The van der Waals surface area contributed by atoms with E-state index in [0.717, 1.165) is 78.2 Å². The van der Waals surface area contributed by atoms with E-state index >= 15 is 0 Å². The maximum absolute atomic E-state index is 4.88. The van der Waals surface area contributed by atoms with E-state index in [1.807, 2.05) is 6.92 Å². The Balaban J connectivity index is 1.50. The number of aromatic nitrogens is 9. The summed E-state index contributed by atoms with van der Waals surface area (Å²) in [7, 11) is 0. The molecule has 0 aromatic carbocycles. The number of nitrogens with one attached hydrogen (secondary N) is 1. The lowest BCUT2D eigenvalue weighted by molar-refractivity contribution is 0.465. The van der Waals surface area contributed by atoms with Gasteiger partial charge in [0.05, 0.1) is 5.56 Å². The Morgan fingerprint density at radius 1 is 1.10 bits per heavy atom. The first-order chi connectivity index (χ1) is 14.7. The van der Waals surface area contributed by atoms with Crippen LogP contribution < -0.4 is 5.32 Å². The molecule has 0 saturated heterocycles. The highest BCUT2D eigenvalue weighted by atomic mass is 15.3. The molecule has 10 nitrogen and oxygen atoms in total. The highest BCUT2D eigenvalue weighted by molar-refractivity contribution is 5.86. The zero-order valence-electron chi connectivity index (χ0n) is 17.4. The average Bonchev–Trinajstić information content (AvgIpc) is 3.35. The lowest BCUT2D eigenvalue weighted by Crippen LogP contribution is -2.32. The van der Waals surface area contributed by atoms with Gasteiger partial charge in [-0.2, -0.15) is 0 Å². The van der Waals surface area contributed by atoms with Crippen molar-refractivity contribution in [3.63, 3.8) is 0 Å². The molecule has 1 atom stereocenters. The van der Waals surface area contributed by atoms with Gasteiger partial charge in [-0.05, 0) is 20.3 Å². The smallest absolute Gasteiger partial charge is 0.165 e. The average molecular weight is 404 g/mol. The predicted molar refractivity (Wildman–Crippen MR) is 112 cm³/mol. The molecule has 0 radical (unpaired) electrons. The Kier molecular flexibility index (Phi) is 4.61. The Morgan fingerprint density at radius 2 is 1.93 bits per heavy atom. The second kappa shape index (κ2) is 7.43. The van der Waals surface area contributed by atoms with Gasteiger partial charge in [-0.15, -0.1) is 10.2 Å². The summed E-state index contributed by atoms with van der Waals surface area (Å²) in [4.78, 5) is 22.5. The Bertz CT molecular complexity index is 1180. The number of fused-ring (bicyclic) bond motifs is 2. The zero-order valence-corrected chi connectivity index (χ0v) is 17.4. The van der Waals surface area contributed by atoms with Crippen LogP contribution in [0.1, 0.15) is 37.7 Å². The summed E-state index contributed by atoms with van der Waals surface area (Å²) in [6, 6.07) is 0.231. The number of hydrogen-bond donors (Lipinski definition) is 1. The Labute approximate surface area is 173 Å². The van der Waals surface area contributed by atoms with Gasteiger partial charge in [0.2, 0.25) is 0 Å². The molecule has 4 aromatic rings. The number of imidazole rings is 1. The van der Waals surface area contributed by atoms with E-state index < -0.39 is 0 Å². The van der Waals surface area contributed by atoms with E-state index in [0.29, 0.717) is 0 Å². The molecule has 1 aliphatic rings. The van der Waals surface area contributed by atoms with Crippen LogP contribution in [0.5, 0.6) is 0 Å². The highest BCUT2D eigenvalue weighted by Gasteiger charge is 2.24. The van der Waals surface area contributed by atoms with Crippen LogP contribution in [0.2, 0.25) is 0 Å². The fraction of sp³-hybridized carbons (Fsp3) is 0.450. The second-order valence-electron chi connectivity index (χ2n) is 7.47. The summed E-state index contributed by atoms with van der Waals surface area (Å²) in [5.74, 6) is 4.38. The molecule has 0 saturated carbocycles. The minimum absolute atomic E-state index is 0.231. The molecule has 1 N–H and O–H groups in total. The van der Waals surface area contributed by atoms with Crippen LogP contribution in [-0.4, -0.2) is 50.3 Å². The molecule has 0 aliphatic carbocycles. The van der Waals surface area contributed by atoms with E-state index in [-0.39, 0.29) is 6.04 Å². The van der Waals surface area contributed by atoms with E-state index in [4.69, 9.17) is 4.98 Å². The van der Waals surface area contributed by atoms with E-state index in [1.165, 1.54) is 0 Å². The maximum Gasteiger partial charge on any atom is 0.165 e. The summed E-state index contributed by atoms with van der Waals surface area (Å²) in [5.41, 5.74) is 2.44. The lowest BCUT2D eigenvalue weighted by Gasteiger charge is -2.25. The second-order valence-corrected chi connectivity index (χ2v) is 7.47. The van der Waals surface area contributed by atoms with E-state index in [2.05, 4.69) is 58.4 Å². The number of anilines is 1. The van der Waals surface area contributed by atoms with Crippen molar-refractivity contribution in [2.75, 3.05) is 5.32 Å². The van der Waals surface area contributed by atoms with Crippen molar-refractivity contribution in [3.8, 4) is 11.4 Å². The third-order valence-electron chi connectivity index (χ3n) is 5.57. The number of rotatable bonds is 5. The van der Waals surface area contributed by atoms with Crippen LogP contribution in [0.3, 0.4) is 0 Å². The van der Waals surface area contributed by atoms with Crippen LogP contribution in [0.4, 0.5) is 5.82 Å². The van der Waals surface area contributed by atoms with Gasteiger partial charge in [-0.25, -0.2) is 24.9 Å². The first kappa shape index (κ1) is 18.6. The van der Waals surface area contributed by atoms with Crippen molar-refractivity contribution < 1.29 is 0 Å². The van der Waals surface area contributed by atoms with Gasteiger partial charge >= 0.3 is 0 Å². The molecule has 0 unspecified atom stereocenters. The molecular weight excluding hydrogens is 380 g/mol. The molecule has 1 aliphatic heterocycles. The highest BCUT2D eigenvalue weighted by Crippen LogP contribution is 2.27. The summed E-state index contributed by atoms with van der Waals surface area (Å²) < 4.78 is 4.30. The van der Waals surface area contributed by atoms with Crippen LogP contribution in [0.25, 0.3) is 22.6 Å². The van der Waals surface area contributed by atoms with Crippen molar-refractivity contribution >= 4 is 17.0 Å². The van der Waals surface area contributed by atoms with Crippen LogP contribution in [-0.2, 0) is 25.9 Å². The summed E-state index contributed by atoms with van der Waals surface area (Å²) >= 11 is 0. The molecule has 0 spiro atoms. The third kappa shape index (κ3) is 3.08. The Hall–Kier alpha value is -3.43. The quantitative estimate of drug-likeness (QED) is 0.539. The first-order valence-electron chi connectivity index (χ1n) is 10.4. The van der Waals surface area contributed by atoms with Gasteiger partial charge in [0.15, 0.2) is 17.0 Å². The zero-order chi connectivity index (χ0) is 20.7. The molecule has 30 heavy (non-hydrogen) atoms. The molecule has 0 bridgehead atoms. The van der Waals surface area contributed by atoms with Gasteiger partial charge in [0, 0.05) is 44.4 Å². The van der Waals surface area contributed by atoms with Crippen LogP contribution in [0, 0.1) is 6.92 Å². The van der Waals surface area contributed by atoms with E-state index in [9.17, 15) is 0 Å². The number of hydrogen-bond acceptors (Lipinski definition) is 8. The van der Waals surface area contributed by atoms with E-state index in [1.54, 1.807) is 18.7 Å². The minimum atomic E-state index is 0.231. The summed E-state index contributed by atoms with van der Waals surface area (Å²) in [5, 5.41) is 12.2. The lowest BCUT2D eigenvalue weighted by atomic mass is 10.1. The minimum Gasteiger partial charge on any atom is -0.364 e.